The van der Waals surface area contributed by atoms with Gasteiger partial charge in [-0.1, -0.05) is 72.8 Å². The van der Waals surface area contributed by atoms with Gasteiger partial charge in [-0.3, -0.25) is 0 Å². The summed E-state index contributed by atoms with van der Waals surface area (Å²) < 4.78 is 28.4. The number of benzene rings is 3. The fourth-order valence-electron chi connectivity index (χ4n) is 2.92. The van der Waals surface area contributed by atoms with Crippen molar-refractivity contribution in [2.75, 3.05) is 0 Å². The molecule has 3 aromatic carbocycles. The van der Waals surface area contributed by atoms with Crippen molar-refractivity contribution in [1.29, 1.82) is 0 Å². The SMILES string of the molecule is Cc1ccc(C)c(S(=O)(=O)N(Cc2ccccc2)Cc2ccccc2)c1. The summed E-state index contributed by atoms with van der Waals surface area (Å²) in [6.07, 6.45) is 0. The number of sulfonamides is 1. The van der Waals surface area contributed by atoms with Crippen LogP contribution in [0.5, 0.6) is 0 Å². The highest BCUT2D eigenvalue weighted by molar-refractivity contribution is 7.89. The number of hydrogen-bond donors (Lipinski definition) is 0. The molecule has 0 aliphatic rings. The third kappa shape index (κ3) is 4.21. The molecule has 0 saturated carbocycles. The lowest BCUT2D eigenvalue weighted by Crippen LogP contribution is -2.30. The quantitative estimate of drug-likeness (QED) is 0.635. The van der Waals surface area contributed by atoms with Crippen LogP contribution in [0.4, 0.5) is 0 Å². The first kappa shape index (κ1) is 18.4. The van der Waals surface area contributed by atoms with Gasteiger partial charge in [0.05, 0.1) is 4.90 Å². The van der Waals surface area contributed by atoms with Crippen LogP contribution in [0.2, 0.25) is 0 Å². The van der Waals surface area contributed by atoms with Gasteiger partial charge in [0.2, 0.25) is 10.0 Å². The highest BCUT2D eigenvalue weighted by Gasteiger charge is 2.26. The van der Waals surface area contributed by atoms with Gasteiger partial charge in [-0.25, -0.2) is 8.42 Å². The Labute approximate surface area is 156 Å². The zero-order chi connectivity index (χ0) is 18.6. The Morgan fingerprint density at radius 1 is 0.731 bits per heavy atom. The smallest absolute Gasteiger partial charge is 0.207 e. The average molecular weight is 365 g/mol. The predicted octanol–water partition coefficient (Wildman–Crippen LogP) is 4.69. The van der Waals surface area contributed by atoms with Crippen LogP contribution in [0.15, 0.2) is 83.8 Å². The van der Waals surface area contributed by atoms with Crippen molar-refractivity contribution in [3.8, 4) is 0 Å². The summed E-state index contributed by atoms with van der Waals surface area (Å²) >= 11 is 0. The molecule has 0 aromatic heterocycles. The van der Waals surface area contributed by atoms with Crippen LogP contribution in [0.25, 0.3) is 0 Å². The highest BCUT2D eigenvalue weighted by Crippen LogP contribution is 2.24. The van der Waals surface area contributed by atoms with Crippen LogP contribution in [-0.4, -0.2) is 12.7 Å². The number of aryl methyl sites for hydroxylation is 2. The maximum Gasteiger partial charge on any atom is 0.243 e. The van der Waals surface area contributed by atoms with Crippen LogP contribution in [-0.2, 0) is 23.1 Å². The molecule has 0 heterocycles. The Morgan fingerprint density at radius 3 is 1.73 bits per heavy atom. The van der Waals surface area contributed by atoms with Crippen molar-refractivity contribution < 1.29 is 8.42 Å². The lowest BCUT2D eigenvalue weighted by molar-refractivity contribution is 0.401. The molecule has 0 spiro atoms. The fourth-order valence-corrected chi connectivity index (χ4v) is 4.65. The summed E-state index contributed by atoms with van der Waals surface area (Å²) in [7, 11) is -3.62. The van der Waals surface area contributed by atoms with Crippen LogP contribution < -0.4 is 0 Å². The molecule has 0 unspecified atom stereocenters. The van der Waals surface area contributed by atoms with E-state index < -0.39 is 10.0 Å². The molecule has 0 aliphatic heterocycles. The number of hydrogen-bond acceptors (Lipinski definition) is 2. The van der Waals surface area contributed by atoms with Crippen molar-refractivity contribution in [2.45, 2.75) is 31.8 Å². The predicted molar refractivity (Wildman–Crippen MR) is 105 cm³/mol. The lowest BCUT2D eigenvalue weighted by atomic mass is 10.2. The van der Waals surface area contributed by atoms with Crippen LogP contribution in [0.3, 0.4) is 0 Å². The van der Waals surface area contributed by atoms with Crippen LogP contribution in [0.1, 0.15) is 22.3 Å². The topological polar surface area (TPSA) is 37.4 Å². The van der Waals surface area contributed by atoms with Crippen LogP contribution >= 0.6 is 0 Å². The minimum Gasteiger partial charge on any atom is -0.207 e. The molecule has 3 aromatic rings. The van der Waals surface area contributed by atoms with Gasteiger partial charge < -0.3 is 0 Å². The zero-order valence-electron chi connectivity index (χ0n) is 15.1. The normalized spacial score (nSPS) is 11.7. The first-order valence-electron chi connectivity index (χ1n) is 8.62. The number of nitrogens with zero attached hydrogens (tertiary/aromatic N) is 1. The second kappa shape index (κ2) is 7.85. The van der Waals surface area contributed by atoms with Crippen molar-refractivity contribution in [3.63, 3.8) is 0 Å². The summed E-state index contributed by atoms with van der Waals surface area (Å²) in [6.45, 7) is 4.43. The van der Waals surface area contributed by atoms with E-state index in [0.717, 1.165) is 22.3 Å². The van der Waals surface area contributed by atoms with Gasteiger partial charge in [-0.05, 0) is 42.2 Å². The van der Waals surface area contributed by atoms with Gasteiger partial charge in [-0.15, -0.1) is 0 Å². The molecular weight excluding hydrogens is 342 g/mol. The summed E-state index contributed by atoms with van der Waals surface area (Å²) in [6, 6.07) is 25.0. The minimum atomic E-state index is -3.62. The molecule has 0 aliphatic carbocycles. The molecule has 0 saturated heterocycles. The molecule has 0 bridgehead atoms. The van der Waals surface area contributed by atoms with Gasteiger partial charge in [0.1, 0.15) is 0 Å². The Morgan fingerprint density at radius 2 is 1.23 bits per heavy atom. The maximum atomic E-state index is 13.4. The molecule has 134 valence electrons. The van der Waals surface area contributed by atoms with Crippen molar-refractivity contribution in [3.05, 3.63) is 101 Å². The minimum absolute atomic E-state index is 0.339. The first-order chi connectivity index (χ1) is 12.5. The summed E-state index contributed by atoms with van der Waals surface area (Å²) in [5.74, 6) is 0. The molecule has 4 heteroatoms. The largest absolute Gasteiger partial charge is 0.243 e. The summed E-state index contributed by atoms with van der Waals surface area (Å²) in [5, 5.41) is 0. The maximum absolute atomic E-state index is 13.4. The van der Waals surface area contributed by atoms with E-state index >= 15 is 0 Å². The van der Waals surface area contributed by atoms with E-state index in [2.05, 4.69) is 0 Å². The van der Waals surface area contributed by atoms with E-state index in [1.165, 1.54) is 0 Å². The van der Waals surface area contributed by atoms with E-state index in [0.29, 0.717) is 18.0 Å². The van der Waals surface area contributed by atoms with E-state index in [1.807, 2.05) is 86.6 Å². The molecule has 26 heavy (non-hydrogen) atoms. The summed E-state index contributed by atoms with van der Waals surface area (Å²) in [5.41, 5.74) is 3.64. The zero-order valence-corrected chi connectivity index (χ0v) is 15.9. The van der Waals surface area contributed by atoms with Gasteiger partial charge in [0.25, 0.3) is 0 Å². The molecule has 0 radical (unpaired) electrons. The third-order valence-corrected chi connectivity index (χ3v) is 6.30. The first-order valence-corrected chi connectivity index (χ1v) is 10.1. The van der Waals surface area contributed by atoms with Gasteiger partial charge in [-0.2, -0.15) is 4.31 Å². The van der Waals surface area contributed by atoms with Crippen molar-refractivity contribution in [1.82, 2.24) is 4.31 Å². The lowest BCUT2D eigenvalue weighted by Gasteiger charge is -2.24. The molecule has 3 nitrogen and oxygen atoms in total. The second-order valence-corrected chi connectivity index (χ2v) is 8.42. The molecular formula is C22H23NO2S. The van der Waals surface area contributed by atoms with Gasteiger partial charge >= 0.3 is 0 Å². The average Bonchev–Trinajstić information content (AvgIpc) is 2.65. The Hall–Kier alpha value is -2.43. The van der Waals surface area contributed by atoms with Crippen molar-refractivity contribution in [2.24, 2.45) is 0 Å². The summed E-state index contributed by atoms with van der Waals surface area (Å²) in [4.78, 5) is 0.379. The standard InChI is InChI=1S/C22H23NO2S/c1-18-13-14-19(2)22(15-18)26(24,25)23(16-20-9-5-3-6-10-20)17-21-11-7-4-8-12-21/h3-15H,16-17H2,1-2H3. The van der Waals surface area contributed by atoms with E-state index in [4.69, 9.17) is 0 Å². The molecule has 0 atom stereocenters. The monoisotopic (exact) mass is 365 g/mol. The second-order valence-electron chi connectivity index (χ2n) is 6.51. The van der Waals surface area contributed by atoms with E-state index in [1.54, 1.807) is 10.4 Å². The molecule has 0 amide bonds. The van der Waals surface area contributed by atoms with E-state index in [9.17, 15) is 8.42 Å². The highest BCUT2D eigenvalue weighted by atomic mass is 32.2. The van der Waals surface area contributed by atoms with Gasteiger partial charge in [0, 0.05) is 13.1 Å². The van der Waals surface area contributed by atoms with Gasteiger partial charge in [0.15, 0.2) is 0 Å². The van der Waals surface area contributed by atoms with E-state index in [-0.39, 0.29) is 0 Å². The number of rotatable bonds is 6. The molecule has 0 fully saturated rings. The van der Waals surface area contributed by atoms with Crippen molar-refractivity contribution >= 4 is 10.0 Å². The Balaban J connectivity index is 2.02. The Bertz CT molecular complexity index is 926. The molecule has 0 N–H and O–H groups in total. The third-order valence-electron chi connectivity index (χ3n) is 4.36. The fraction of sp³-hybridized carbons (Fsp3) is 0.182. The Kier molecular flexibility index (Phi) is 5.55. The molecule has 3 rings (SSSR count). The van der Waals surface area contributed by atoms with Crippen LogP contribution in [0, 0.1) is 13.8 Å².